The molecule has 0 aliphatic heterocycles. The van der Waals surface area contributed by atoms with Gasteiger partial charge in [-0.15, -0.1) is 0 Å². The van der Waals surface area contributed by atoms with Crippen molar-refractivity contribution < 1.29 is 14.6 Å². The number of rotatable bonds is 9. The minimum atomic E-state index is -0.731. The van der Waals surface area contributed by atoms with Crippen LogP contribution in [0, 0.1) is 0 Å². The second-order valence-electron chi connectivity index (χ2n) is 3.82. The first-order valence-corrected chi connectivity index (χ1v) is 5.61. The molecule has 0 aromatic rings. The topological polar surface area (TPSA) is 49.8 Å². The molecule has 0 rings (SSSR count). The summed E-state index contributed by atoms with van der Waals surface area (Å²) in [5, 5.41) is 8.60. The van der Waals surface area contributed by atoms with E-state index >= 15 is 0 Å². The molecule has 4 heteroatoms. The Balaban J connectivity index is 3.68. The van der Waals surface area contributed by atoms with E-state index in [1.807, 2.05) is 6.92 Å². The van der Waals surface area contributed by atoms with Crippen molar-refractivity contribution >= 4 is 5.97 Å². The first-order valence-electron chi connectivity index (χ1n) is 5.61. The van der Waals surface area contributed by atoms with E-state index in [0.717, 1.165) is 26.2 Å². The number of carboxylic acid groups (broad SMARTS) is 1. The summed E-state index contributed by atoms with van der Waals surface area (Å²) in [6, 6.07) is 0.394. The summed E-state index contributed by atoms with van der Waals surface area (Å²) >= 11 is 0. The molecule has 90 valence electrons. The normalized spacial score (nSPS) is 11.3. The van der Waals surface area contributed by atoms with Gasteiger partial charge in [-0.3, -0.25) is 4.79 Å². The summed E-state index contributed by atoms with van der Waals surface area (Å²) in [5.74, 6) is -0.731. The molecule has 0 saturated heterocycles. The number of carboxylic acids is 1. The fraction of sp³-hybridized carbons (Fsp3) is 0.909. The average Bonchev–Trinajstić information content (AvgIpc) is 2.15. The molecule has 0 spiro atoms. The quantitative estimate of drug-likeness (QED) is 0.596. The Morgan fingerprint density at radius 1 is 1.40 bits per heavy atom. The van der Waals surface area contributed by atoms with Crippen molar-refractivity contribution in [1.29, 1.82) is 0 Å². The zero-order chi connectivity index (χ0) is 11.7. The van der Waals surface area contributed by atoms with Gasteiger partial charge in [0.25, 0.3) is 0 Å². The monoisotopic (exact) mass is 217 g/mol. The fourth-order valence-electron chi connectivity index (χ4n) is 1.38. The smallest absolute Gasteiger partial charge is 0.304 e. The molecule has 15 heavy (non-hydrogen) atoms. The second-order valence-corrected chi connectivity index (χ2v) is 3.82. The fourth-order valence-corrected chi connectivity index (χ4v) is 1.38. The lowest BCUT2D eigenvalue weighted by atomic mass is 10.2. The van der Waals surface area contributed by atoms with Gasteiger partial charge in [-0.05, 0) is 27.2 Å². The number of ether oxygens (including phenoxy) is 1. The van der Waals surface area contributed by atoms with Crippen LogP contribution >= 0.6 is 0 Å². The van der Waals surface area contributed by atoms with Crippen LogP contribution in [0.4, 0.5) is 0 Å². The molecule has 1 N–H and O–H groups in total. The van der Waals surface area contributed by atoms with E-state index < -0.39 is 5.97 Å². The van der Waals surface area contributed by atoms with E-state index in [2.05, 4.69) is 18.7 Å². The molecule has 0 aliphatic carbocycles. The Kier molecular flexibility index (Phi) is 8.33. The Morgan fingerprint density at radius 3 is 2.53 bits per heavy atom. The largest absolute Gasteiger partial charge is 0.481 e. The molecule has 0 aromatic carbocycles. The maximum absolute atomic E-state index is 10.5. The average molecular weight is 217 g/mol. The van der Waals surface area contributed by atoms with Gasteiger partial charge in [-0.2, -0.15) is 0 Å². The van der Waals surface area contributed by atoms with E-state index in [9.17, 15) is 4.79 Å². The predicted octanol–water partition coefficient (Wildman–Crippen LogP) is 1.60. The van der Waals surface area contributed by atoms with Gasteiger partial charge in [-0.25, -0.2) is 0 Å². The summed E-state index contributed by atoms with van der Waals surface area (Å²) in [6.07, 6.45) is 1.18. The van der Waals surface area contributed by atoms with Crippen molar-refractivity contribution in [3.05, 3.63) is 0 Å². The van der Waals surface area contributed by atoms with Gasteiger partial charge in [0.15, 0.2) is 0 Å². The summed E-state index contributed by atoms with van der Waals surface area (Å²) < 4.78 is 5.25. The van der Waals surface area contributed by atoms with Crippen LogP contribution < -0.4 is 0 Å². The number of hydrogen-bond donors (Lipinski definition) is 1. The first kappa shape index (κ1) is 14.4. The van der Waals surface area contributed by atoms with Crippen LogP contribution in [0.15, 0.2) is 0 Å². The highest BCUT2D eigenvalue weighted by atomic mass is 16.5. The highest BCUT2D eigenvalue weighted by molar-refractivity contribution is 5.66. The highest BCUT2D eigenvalue weighted by Gasteiger charge is 2.10. The van der Waals surface area contributed by atoms with Gasteiger partial charge in [0, 0.05) is 32.3 Å². The molecule has 0 unspecified atom stereocenters. The number of carbonyl (C=O) groups is 1. The summed E-state index contributed by atoms with van der Waals surface area (Å²) in [5.41, 5.74) is 0. The number of aliphatic carboxylic acids is 1. The zero-order valence-corrected chi connectivity index (χ0v) is 10.0. The molecule has 0 fully saturated rings. The van der Waals surface area contributed by atoms with Crippen molar-refractivity contribution in [3.63, 3.8) is 0 Å². The minimum Gasteiger partial charge on any atom is -0.481 e. The second kappa shape index (κ2) is 8.68. The van der Waals surface area contributed by atoms with Crippen LogP contribution in [0.1, 0.15) is 33.6 Å². The van der Waals surface area contributed by atoms with Crippen molar-refractivity contribution in [2.75, 3.05) is 26.3 Å². The Labute approximate surface area is 92.2 Å². The van der Waals surface area contributed by atoms with Crippen molar-refractivity contribution in [3.8, 4) is 0 Å². The van der Waals surface area contributed by atoms with Crippen LogP contribution in [0.25, 0.3) is 0 Å². The maximum atomic E-state index is 10.5. The van der Waals surface area contributed by atoms with E-state index in [4.69, 9.17) is 9.84 Å². The third kappa shape index (κ3) is 8.39. The molecule has 0 aromatic heterocycles. The lowest BCUT2D eigenvalue weighted by Gasteiger charge is -2.25. The summed E-state index contributed by atoms with van der Waals surface area (Å²) in [7, 11) is 0. The zero-order valence-electron chi connectivity index (χ0n) is 10.0. The standard InChI is InChI=1S/C11H23NO3/c1-4-15-9-5-7-12(10(2)3)8-6-11(13)14/h10H,4-9H2,1-3H3,(H,13,14). The number of nitrogens with zero attached hydrogens (tertiary/aromatic N) is 1. The molecule has 4 nitrogen and oxygen atoms in total. The van der Waals surface area contributed by atoms with E-state index in [1.54, 1.807) is 0 Å². The molecule has 0 amide bonds. The van der Waals surface area contributed by atoms with Gasteiger partial charge < -0.3 is 14.7 Å². The van der Waals surface area contributed by atoms with Gasteiger partial charge >= 0.3 is 5.97 Å². The molecule has 0 radical (unpaired) electrons. The van der Waals surface area contributed by atoms with Crippen LogP contribution in [0.5, 0.6) is 0 Å². The highest BCUT2D eigenvalue weighted by Crippen LogP contribution is 2.01. The van der Waals surface area contributed by atoms with Crippen molar-refractivity contribution in [1.82, 2.24) is 4.90 Å². The van der Waals surface area contributed by atoms with Crippen LogP contribution in [0.2, 0.25) is 0 Å². The van der Waals surface area contributed by atoms with Crippen molar-refractivity contribution in [2.24, 2.45) is 0 Å². The van der Waals surface area contributed by atoms with Gasteiger partial charge in [0.1, 0.15) is 0 Å². The molecule has 0 atom stereocenters. The lowest BCUT2D eigenvalue weighted by molar-refractivity contribution is -0.137. The van der Waals surface area contributed by atoms with Crippen LogP contribution in [-0.4, -0.2) is 48.3 Å². The third-order valence-electron chi connectivity index (χ3n) is 2.28. The summed E-state index contributed by atoms with van der Waals surface area (Å²) in [4.78, 5) is 12.6. The van der Waals surface area contributed by atoms with E-state index in [-0.39, 0.29) is 6.42 Å². The van der Waals surface area contributed by atoms with E-state index in [0.29, 0.717) is 12.6 Å². The molecule has 0 bridgehead atoms. The Hall–Kier alpha value is -0.610. The van der Waals surface area contributed by atoms with Gasteiger partial charge in [-0.1, -0.05) is 0 Å². The molecular formula is C11H23NO3. The Morgan fingerprint density at radius 2 is 2.07 bits per heavy atom. The van der Waals surface area contributed by atoms with Gasteiger partial charge in [0.2, 0.25) is 0 Å². The molecule has 0 heterocycles. The van der Waals surface area contributed by atoms with Crippen LogP contribution in [0.3, 0.4) is 0 Å². The minimum absolute atomic E-state index is 0.215. The Bertz CT molecular complexity index is 171. The molecule has 0 saturated carbocycles. The summed E-state index contributed by atoms with van der Waals surface area (Å²) in [6.45, 7) is 9.18. The van der Waals surface area contributed by atoms with Crippen LogP contribution in [-0.2, 0) is 9.53 Å². The third-order valence-corrected chi connectivity index (χ3v) is 2.28. The first-order chi connectivity index (χ1) is 7.07. The van der Waals surface area contributed by atoms with E-state index in [1.165, 1.54) is 0 Å². The maximum Gasteiger partial charge on any atom is 0.304 e. The molecular weight excluding hydrogens is 194 g/mol. The van der Waals surface area contributed by atoms with Crippen molar-refractivity contribution in [2.45, 2.75) is 39.7 Å². The molecule has 0 aliphatic rings. The number of hydrogen-bond acceptors (Lipinski definition) is 3. The van der Waals surface area contributed by atoms with Gasteiger partial charge in [0.05, 0.1) is 6.42 Å². The predicted molar refractivity (Wildman–Crippen MR) is 60.1 cm³/mol. The lowest BCUT2D eigenvalue weighted by Crippen LogP contribution is -2.34. The SMILES string of the molecule is CCOCCCN(CCC(=O)O)C(C)C.